The van der Waals surface area contributed by atoms with E-state index in [2.05, 4.69) is 175 Å². The minimum atomic E-state index is 0.950. The molecule has 0 radical (unpaired) electrons. The molecule has 2 heterocycles. The first-order valence-corrected chi connectivity index (χ1v) is 16.6. The van der Waals surface area contributed by atoms with Gasteiger partial charge in [-0.1, -0.05) is 152 Å². The van der Waals surface area contributed by atoms with E-state index in [1.54, 1.807) is 0 Å². The second kappa shape index (κ2) is 12.2. The molecule has 0 aliphatic rings. The maximum Gasteiger partial charge on any atom is 0.101 e. The summed E-state index contributed by atoms with van der Waals surface area (Å²) in [7, 11) is 0. The van der Waals surface area contributed by atoms with Gasteiger partial charge in [-0.05, 0) is 64.0 Å². The van der Waals surface area contributed by atoms with Crippen molar-refractivity contribution in [2.45, 2.75) is 0 Å². The summed E-state index contributed by atoms with van der Waals surface area (Å²) in [5.41, 5.74) is 12.8. The minimum absolute atomic E-state index is 0.950. The van der Waals surface area contributed by atoms with Crippen molar-refractivity contribution >= 4 is 21.7 Å². The van der Waals surface area contributed by atoms with E-state index >= 15 is 0 Å². The van der Waals surface area contributed by atoms with E-state index in [1.165, 1.54) is 10.8 Å². The smallest absolute Gasteiger partial charge is 0.101 e. The highest BCUT2D eigenvalue weighted by molar-refractivity contribution is 6.17. The molecule has 0 N–H and O–H groups in total. The molecular weight excluding hydrogens is 595 g/mol. The topological polar surface area (TPSA) is 30.7 Å². The van der Waals surface area contributed by atoms with Crippen LogP contribution in [-0.2, 0) is 0 Å². The first kappa shape index (κ1) is 28.6. The number of nitrogens with zero attached hydrogens (tertiary/aromatic N) is 3. The molecule has 2 aromatic heterocycles. The Bertz CT molecular complexity index is 2510. The lowest BCUT2D eigenvalue weighted by molar-refractivity contribution is 0.918. The Hall–Kier alpha value is -6.58. The van der Waals surface area contributed by atoms with E-state index in [4.69, 9.17) is 10.1 Å². The third-order valence-electron chi connectivity index (χ3n) is 9.19. The van der Waals surface area contributed by atoms with Crippen LogP contribution in [0.2, 0.25) is 0 Å². The van der Waals surface area contributed by atoms with Crippen LogP contribution in [0, 0.1) is 0 Å². The molecule has 3 heteroatoms. The molecular formula is C46H31N3. The number of rotatable bonds is 6. The van der Waals surface area contributed by atoms with Crippen LogP contribution in [0.5, 0.6) is 0 Å². The van der Waals surface area contributed by atoms with Crippen LogP contribution in [0.4, 0.5) is 0 Å². The molecule has 7 aromatic carbocycles. The summed E-state index contributed by atoms with van der Waals surface area (Å²) in [6, 6.07) is 66.1. The van der Waals surface area contributed by atoms with E-state index < -0.39 is 0 Å². The zero-order valence-corrected chi connectivity index (χ0v) is 26.7. The summed E-state index contributed by atoms with van der Waals surface area (Å²) in [5.74, 6) is 0. The van der Waals surface area contributed by atoms with E-state index in [0.29, 0.717) is 0 Å². The van der Waals surface area contributed by atoms with Crippen LogP contribution in [0.1, 0.15) is 0 Å². The minimum Gasteiger partial charge on any atom is -0.248 e. The van der Waals surface area contributed by atoms with Gasteiger partial charge in [-0.15, -0.1) is 0 Å². The standard InChI is InChI=1S/C46H31N3/c1-5-16-32(17-6-1)42-30-38(31-43(47-42)33-18-7-2-8-19-33)35-23-15-24-36(28-35)41-29-37-22-13-14-27-40(37)46-44(41)45(34-20-9-3-10-21-34)48-49(46)39-25-11-4-12-26-39/h1-31H. The van der Waals surface area contributed by atoms with Gasteiger partial charge in [-0.3, -0.25) is 0 Å². The SMILES string of the molecule is c1ccc(-c2cc(-c3cccc(-c4cc5ccccc5c5c4c(-c4ccccc4)nn5-c4ccccc4)c3)cc(-c3ccccc3)n2)cc1. The van der Waals surface area contributed by atoms with Gasteiger partial charge in [0.05, 0.1) is 22.6 Å². The molecule has 9 rings (SSSR count). The van der Waals surface area contributed by atoms with Gasteiger partial charge >= 0.3 is 0 Å². The van der Waals surface area contributed by atoms with Gasteiger partial charge < -0.3 is 0 Å². The van der Waals surface area contributed by atoms with Crippen molar-refractivity contribution in [3.05, 3.63) is 188 Å². The molecule has 0 aliphatic carbocycles. The molecule has 3 nitrogen and oxygen atoms in total. The van der Waals surface area contributed by atoms with Gasteiger partial charge in [0.15, 0.2) is 0 Å². The Labute approximate surface area is 285 Å². The molecule has 0 amide bonds. The first-order valence-electron chi connectivity index (χ1n) is 16.6. The highest BCUT2D eigenvalue weighted by Gasteiger charge is 2.21. The summed E-state index contributed by atoms with van der Waals surface area (Å²) in [4.78, 5) is 5.12. The maximum atomic E-state index is 5.35. The Balaban J connectivity index is 1.30. The predicted molar refractivity (Wildman–Crippen MR) is 204 cm³/mol. The molecule has 0 fully saturated rings. The van der Waals surface area contributed by atoms with Crippen LogP contribution in [0.3, 0.4) is 0 Å². The number of aromatic nitrogens is 3. The summed E-state index contributed by atoms with van der Waals surface area (Å²) in [6.45, 7) is 0. The summed E-state index contributed by atoms with van der Waals surface area (Å²) in [5, 5.41) is 8.83. The van der Waals surface area contributed by atoms with Crippen molar-refractivity contribution in [3.63, 3.8) is 0 Å². The van der Waals surface area contributed by atoms with E-state index in [-0.39, 0.29) is 0 Å². The lowest BCUT2D eigenvalue weighted by Gasteiger charge is -2.13. The molecule has 49 heavy (non-hydrogen) atoms. The lowest BCUT2D eigenvalue weighted by atomic mass is 9.91. The van der Waals surface area contributed by atoms with Gasteiger partial charge in [-0.25, -0.2) is 9.67 Å². The lowest BCUT2D eigenvalue weighted by Crippen LogP contribution is -1.96. The highest BCUT2D eigenvalue weighted by atomic mass is 15.3. The summed E-state index contributed by atoms with van der Waals surface area (Å²) < 4.78 is 2.12. The average molecular weight is 626 g/mol. The average Bonchev–Trinajstić information content (AvgIpc) is 3.60. The van der Waals surface area contributed by atoms with Crippen LogP contribution >= 0.6 is 0 Å². The van der Waals surface area contributed by atoms with Gasteiger partial charge in [0, 0.05) is 27.5 Å². The van der Waals surface area contributed by atoms with Gasteiger partial charge in [-0.2, -0.15) is 5.10 Å². The first-order chi connectivity index (χ1) is 24.3. The van der Waals surface area contributed by atoms with Crippen molar-refractivity contribution in [1.82, 2.24) is 14.8 Å². The molecule has 9 aromatic rings. The molecule has 0 aliphatic heterocycles. The predicted octanol–water partition coefficient (Wildman–Crippen LogP) is 11.9. The van der Waals surface area contributed by atoms with Gasteiger partial charge in [0.25, 0.3) is 0 Å². The van der Waals surface area contributed by atoms with Crippen LogP contribution in [-0.4, -0.2) is 14.8 Å². The van der Waals surface area contributed by atoms with Crippen molar-refractivity contribution in [3.8, 4) is 61.7 Å². The van der Waals surface area contributed by atoms with Crippen LogP contribution in [0.15, 0.2) is 188 Å². The Morgan fingerprint density at radius 3 is 1.57 bits per heavy atom. The van der Waals surface area contributed by atoms with Crippen LogP contribution in [0.25, 0.3) is 83.4 Å². The molecule has 0 saturated heterocycles. The van der Waals surface area contributed by atoms with Gasteiger partial charge in [0.1, 0.15) is 5.69 Å². The zero-order valence-electron chi connectivity index (χ0n) is 26.7. The summed E-state index contributed by atoms with van der Waals surface area (Å²) in [6.07, 6.45) is 0. The summed E-state index contributed by atoms with van der Waals surface area (Å²) >= 11 is 0. The highest BCUT2D eigenvalue weighted by Crippen LogP contribution is 2.42. The third-order valence-corrected chi connectivity index (χ3v) is 9.19. The molecule has 0 saturated carbocycles. The Morgan fingerprint density at radius 1 is 0.388 bits per heavy atom. The fourth-order valence-corrected chi connectivity index (χ4v) is 6.85. The number of para-hydroxylation sites is 1. The molecule has 230 valence electrons. The van der Waals surface area contributed by atoms with E-state index in [1.807, 2.05) is 18.2 Å². The number of pyridine rings is 1. The second-order valence-corrected chi connectivity index (χ2v) is 12.3. The van der Waals surface area contributed by atoms with Crippen molar-refractivity contribution in [2.24, 2.45) is 0 Å². The Kier molecular flexibility index (Phi) is 7.14. The monoisotopic (exact) mass is 625 g/mol. The van der Waals surface area contributed by atoms with Gasteiger partial charge in [0.2, 0.25) is 0 Å². The number of fused-ring (bicyclic) bond motifs is 3. The fraction of sp³-hybridized carbons (Fsp3) is 0. The largest absolute Gasteiger partial charge is 0.248 e. The number of hydrogen-bond donors (Lipinski definition) is 0. The molecule has 0 bridgehead atoms. The molecule has 0 spiro atoms. The molecule has 0 atom stereocenters. The quantitative estimate of drug-likeness (QED) is 0.184. The van der Waals surface area contributed by atoms with Crippen LogP contribution < -0.4 is 0 Å². The van der Waals surface area contributed by atoms with Crippen molar-refractivity contribution < 1.29 is 0 Å². The Morgan fingerprint density at radius 2 is 0.918 bits per heavy atom. The zero-order chi connectivity index (χ0) is 32.6. The van der Waals surface area contributed by atoms with Crippen molar-refractivity contribution in [1.29, 1.82) is 0 Å². The van der Waals surface area contributed by atoms with Crippen molar-refractivity contribution in [2.75, 3.05) is 0 Å². The molecule has 0 unspecified atom stereocenters. The van der Waals surface area contributed by atoms with E-state index in [9.17, 15) is 0 Å². The normalized spacial score (nSPS) is 11.3. The van der Waals surface area contributed by atoms with E-state index in [0.717, 1.165) is 72.6 Å². The fourth-order valence-electron chi connectivity index (χ4n) is 6.85. The second-order valence-electron chi connectivity index (χ2n) is 12.3. The number of hydrogen-bond acceptors (Lipinski definition) is 2. The maximum absolute atomic E-state index is 5.35. The number of benzene rings is 7. The third kappa shape index (κ3) is 5.28.